The zero-order valence-electron chi connectivity index (χ0n) is 8.71. The number of nitrogens with one attached hydrogen (secondary N) is 2. The molecule has 4 nitrogen and oxygen atoms in total. The Morgan fingerprint density at radius 3 is 3.14 bits per heavy atom. The lowest BCUT2D eigenvalue weighted by atomic mass is 10.4. The van der Waals surface area contributed by atoms with Gasteiger partial charge in [-0.3, -0.25) is 0 Å². The fraction of sp³-hybridized carbons (Fsp3) is 0.700. The molecule has 4 heteroatoms. The Morgan fingerprint density at radius 2 is 2.36 bits per heavy atom. The topological polar surface area (TPSA) is 44.0 Å². The van der Waals surface area contributed by atoms with E-state index >= 15 is 0 Å². The summed E-state index contributed by atoms with van der Waals surface area (Å²) in [4.78, 5) is 10.1. The minimum absolute atomic E-state index is 1.03. The molecule has 0 spiro atoms. The first kappa shape index (κ1) is 9.52. The van der Waals surface area contributed by atoms with Crippen molar-refractivity contribution in [2.45, 2.75) is 19.8 Å². The van der Waals surface area contributed by atoms with Crippen LogP contribution < -0.4 is 10.2 Å². The summed E-state index contributed by atoms with van der Waals surface area (Å²) in [5.41, 5.74) is 1.22. The van der Waals surface area contributed by atoms with Crippen LogP contribution in [0.15, 0.2) is 6.20 Å². The Kier molecular flexibility index (Phi) is 3.03. The highest BCUT2D eigenvalue weighted by Gasteiger charge is 2.11. The van der Waals surface area contributed by atoms with Crippen molar-refractivity contribution in [1.29, 1.82) is 0 Å². The van der Waals surface area contributed by atoms with E-state index in [-0.39, 0.29) is 0 Å². The molecule has 0 unspecified atom stereocenters. The van der Waals surface area contributed by atoms with Crippen molar-refractivity contribution in [2.75, 3.05) is 31.1 Å². The van der Waals surface area contributed by atoms with E-state index in [1.165, 1.54) is 12.1 Å². The quantitative estimate of drug-likeness (QED) is 0.731. The predicted molar refractivity (Wildman–Crippen MR) is 57.7 cm³/mol. The van der Waals surface area contributed by atoms with E-state index in [0.717, 1.165) is 38.5 Å². The molecule has 1 fully saturated rings. The Morgan fingerprint density at radius 1 is 1.43 bits per heavy atom. The van der Waals surface area contributed by atoms with Crippen LogP contribution >= 0.6 is 0 Å². The smallest absolute Gasteiger partial charge is 0.203 e. The zero-order chi connectivity index (χ0) is 9.80. The van der Waals surface area contributed by atoms with Crippen molar-refractivity contribution >= 4 is 5.95 Å². The van der Waals surface area contributed by atoms with Crippen molar-refractivity contribution < 1.29 is 0 Å². The molecule has 1 aromatic rings. The van der Waals surface area contributed by atoms with E-state index < -0.39 is 0 Å². The van der Waals surface area contributed by atoms with Gasteiger partial charge in [-0.2, -0.15) is 0 Å². The maximum atomic E-state index is 4.39. The summed E-state index contributed by atoms with van der Waals surface area (Å²) >= 11 is 0. The van der Waals surface area contributed by atoms with Crippen LogP contribution in [0, 0.1) is 0 Å². The maximum absolute atomic E-state index is 4.39. The van der Waals surface area contributed by atoms with E-state index in [1.54, 1.807) is 0 Å². The van der Waals surface area contributed by atoms with Gasteiger partial charge in [0, 0.05) is 25.3 Å². The first-order valence-electron chi connectivity index (χ1n) is 5.39. The molecule has 0 atom stereocenters. The number of aromatic nitrogens is 2. The van der Waals surface area contributed by atoms with Gasteiger partial charge in [-0.25, -0.2) is 4.98 Å². The maximum Gasteiger partial charge on any atom is 0.203 e. The van der Waals surface area contributed by atoms with Gasteiger partial charge in [0.1, 0.15) is 0 Å². The van der Waals surface area contributed by atoms with Gasteiger partial charge >= 0.3 is 0 Å². The molecule has 0 radical (unpaired) electrons. The van der Waals surface area contributed by atoms with Gasteiger partial charge in [-0.1, -0.05) is 6.92 Å². The lowest BCUT2D eigenvalue weighted by Gasteiger charge is -2.18. The van der Waals surface area contributed by atoms with Gasteiger partial charge in [-0.15, -0.1) is 0 Å². The van der Waals surface area contributed by atoms with Gasteiger partial charge in [0.2, 0.25) is 5.95 Å². The van der Waals surface area contributed by atoms with E-state index in [2.05, 4.69) is 27.1 Å². The molecule has 1 aromatic heterocycles. The molecule has 0 aromatic carbocycles. The lowest BCUT2D eigenvalue weighted by molar-refractivity contribution is 0.724. The van der Waals surface area contributed by atoms with Crippen LogP contribution in [0.2, 0.25) is 0 Å². The first-order valence-corrected chi connectivity index (χ1v) is 5.39. The molecular weight excluding hydrogens is 176 g/mol. The Balaban J connectivity index is 2.04. The second kappa shape index (κ2) is 4.46. The van der Waals surface area contributed by atoms with Gasteiger partial charge in [0.15, 0.2) is 0 Å². The van der Waals surface area contributed by atoms with E-state index in [0.29, 0.717) is 0 Å². The second-order valence-electron chi connectivity index (χ2n) is 3.68. The molecule has 0 bridgehead atoms. The highest BCUT2D eigenvalue weighted by molar-refractivity contribution is 5.31. The number of H-pyrrole nitrogens is 1. The predicted octanol–water partition coefficient (Wildman–Crippen LogP) is 0.772. The summed E-state index contributed by atoms with van der Waals surface area (Å²) in [6.45, 7) is 6.47. The molecule has 0 amide bonds. The number of rotatable bonds is 2. The average molecular weight is 194 g/mol. The minimum atomic E-state index is 1.03. The van der Waals surface area contributed by atoms with Crippen molar-refractivity contribution in [2.24, 2.45) is 0 Å². The molecular formula is C10H18N4. The van der Waals surface area contributed by atoms with Crippen LogP contribution in [0.1, 0.15) is 19.0 Å². The monoisotopic (exact) mass is 194 g/mol. The summed E-state index contributed by atoms with van der Waals surface area (Å²) in [5.74, 6) is 1.03. The molecule has 2 rings (SSSR count). The number of anilines is 1. The highest BCUT2D eigenvalue weighted by Crippen LogP contribution is 2.10. The van der Waals surface area contributed by atoms with Crippen molar-refractivity contribution in [3.8, 4) is 0 Å². The lowest BCUT2D eigenvalue weighted by Crippen LogP contribution is -2.28. The van der Waals surface area contributed by atoms with Gasteiger partial charge < -0.3 is 15.2 Å². The van der Waals surface area contributed by atoms with Crippen molar-refractivity contribution in [3.05, 3.63) is 11.9 Å². The summed E-state index contributed by atoms with van der Waals surface area (Å²) in [5, 5.41) is 3.38. The summed E-state index contributed by atoms with van der Waals surface area (Å²) in [6, 6.07) is 0. The molecule has 2 N–H and O–H groups in total. The normalized spacial score (nSPS) is 18.2. The van der Waals surface area contributed by atoms with Crippen LogP contribution in [0.3, 0.4) is 0 Å². The van der Waals surface area contributed by atoms with Crippen molar-refractivity contribution in [1.82, 2.24) is 15.3 Å². The SMILES string of the molecule is CCc1cnc(N2CCCNCC2)[nH]1. The largest absolute Gasteiger partial charge is 0.341 e. The third kappa shape index (κ3) is 2.07. The molecule has 1 saturated heterocycles. The van der Waals surface area contributed by atoms with Crippen LogP contribution in [0.4, 0.5) is 5.95 Å². The fourth-order valence-electron chi connectivity index (χ4n) is 1.75. The van der Waals surface area contributed by atoms with E-state index in [9.17, 15) is 0 Å². The van der Waals surface area contributed by atoms with Crippen molar-refractivity contribution in [3.63, 3.8) is 0 Å². The first-order chi connectivity index (χ1) is 6.90. The minimum Gasteiger partial charge on any atom is -0.341 e. The molecule has 78 valence electrons. The van der Waals surface area contributed by atoms with E-state index in [4.69, 9.17) is 0 Å². The average Bonchev–Trinajstić information content (AvgIpc) is 2.53. The zero-order valence-corrected chi connectivity index (χ0v) is 8.71. The Labute approximate surface area is 84.7 Å². The third-order valence-corrected chi connectivity index (χ3v) is 2.64. The molecule has 1 aliphatic heterocycles. The third-order valence-electron chi connectivity index (χ3n) is 2.64. The van der Waals surface area contributed by atoms with Crippen LogP contribution in [-0.4, -0.2) is 36.1 Å². The fourth-order valence-corrected chi connectivity index (χ4v) is 1.75. The van der Waals surface area contributed by atoms with Crippen LogP contribution in [0.25, 0.3) is 0 Å². The van der Waals surface area contributed by atoms with Gasteiger partial charge in [0.05, 0.1) is 6.20 Å². The number of aryl methyl sites for hydroxylation is 1. The molecule has 1 aliphatic rings. The van der Waals surface area contributed by atoms with Crippen LogP contribution in [-0.2, 0) is 6.42 Å². The highest BCUT2D eigenvalue weighted by atomic mass is 15.3. The Bertz CT molecular complexity index is 273. The number of hydrogen-bond acceptors (Lipinski definition) is 3. The summed E-state index contributed by atoms with van der Waals surface area (Å²) < 4.78 is 0. The number of hydrogen-bond donors (Lipinski definition) is 2. The summed E-state index contributed by atoms with van der Waals surface area (Å²) in [6.07, 6.45) is 4.16. The molecule has 0 saturated carbocycles. The molecule has 14 heavy (non-hydrogen) atoms. The van der Waals surface area contributed by atoms with Gasteiger partial charge in [-0.05, 0) is 19.4 Å². The second-order valence-corrected chi connectivity index (χ2v) is 3.68. The summed E-state index contributed by atoms with van der Waals surface area (Å²) in [7, 11) is 0. The Hall–Kier alpha value is -1.03. The van der Waals surface area contributed by atoms with Gasteiger partial charge in [0.25, 0.3) is 0 Å². The number of imidazole rings is 1. The standard InChI is InChI=1S/C10H18N4/c1-2-9-8-12-10(13-9)14-6-3-4-11-5-7-14/h8,11H,2-7H2,1H3,(H,12,13). The van der Waals surface area contributed by atoms with E-state index in [1.807, 2.05) is 6.20 Å². The number of nitrogens with zero attached hydrogens (tertiary/aromatic N) is 2. The molecule has 2 heterocycles. The molecule has 0 aliphatic carbocycles. The number of aromatic amines is 1. The van der Waals surface area contributed by atoms with Crippen LogP contribution in [0.5, 0.6) is 0 Å².